The minimum atomic E-state index is -1.21. The molecule has 0 bridgehead atoms. The van der Waals surface area contributed by atoms with Gasteiger partial charge in [0.1, 0.15) is 11.6 Å². The van der Waals surface area contributed by atoms with Gasteiger partial charge in [-0.15, -0.1) is 0 Å². The van der Waals surface area contributed by atoms with Crippen LogP contribution in [0.1, 0.15) is 34.1 Å². The predicted octanol–water partition coefficient (Wildman–Crippen LogP) is 0.565. The van der Waals surface area contributed by atoms with Crippen molar-refractivity contribution < 1.29 is 24.2 Å². The highest BCUT2D eigenvalue weighted by Gasteiger charge is 2.71. The molecule has 0 aromatic carbocycles. The van der Waals surface area contributed by atoms with Crippen LogP contribution in [0.15, 0.2) is 24.3 Å². The molecule has 0 aliphatic carbocycles. The minimum absolute atomic E-state index is 0.0305. The first-order valence-electron chi connectivity index (χ1n) is 11.2. The Morgan fingerprint density at radius 1 is 1.10 bits per heavy atom. The smallest absolute Gasteiger partial charge is 0.249 e. The lowest BCUT2D eigenvalue weighted by molar-refractivity contribution is -0.151. The van der Waals surface area contributed by atoms with E-state index in [1.54, 1.807) is 9.80 Å². The van der Waals surface area contributed by atoms with Gasteiger partial charge in [-0.25, -0.2) is 0 Å². The molecule has 0 aromatic rings. The van der Waals surface area contributed by atoms with Crippen LogP contribution in [0, 0.1) is 11.8 Å². The van der Waals surface area contributed by atoms with E-state index in [0.29, 0.717) is 19.6 Å². The number of aliphatic hydroxyl groups excluding tert-OH is 1. The summed E-state index contributed by atoms with van der Waals surface area (Å²) in [5, 5.41) is 9.66. The fourth-order valence-corrected chi connectivity index (χ4v) is 5.61. The number of hydrogen-bond donors (Lipinski definition) is 1. The maximum Gasteiger partial charge on any atom is 0.249 e. The topological polar surface area (TPSA) is 90.4 Å². The van der Waals surface area contributed by atoms with Crippen LogP contribution >= 0.6 is 0 Å². The molecule has 0 aromatic heterocycles. The Hall–Kier alpha value is -2.19. The number of likely N-dealkylation sites (tertiary alicyclic amines) is 1. The lowest BCUT2D eigenvalue weighted by Crippen LogP contribution is -2.59. The van der Waals surface area contributed by atoms with E-state index in [2.05, 4.69) is 0 Å². The summed E-state index contributed by atoms with van der Waals surface area (Å²) in [4.78, 5) is 45.9. The van der Waals surface area contributed by atoms with Crippen LogP contribution in [0.2, 0.25) is 0 Å². The molecule has 2 fully saturated rings. The maximum absolute atomic E-state index is 13.8. The molecule has 8 heteroatoms. The zero-order valence-electron chi connectivity index (χ0n) is 18.8. The SMILES string of the molecule is CCCN1CC=C[C@H]2O[C@]34C=CCN(C(C)(C)C)C(=O)C3N(CCO)C(=O)[C@@H]4[C@H]2C1=O. The lowest BCUT2D eigenvalue weighted by atomic mass is 9.77. The standard InChI is InChI=1S/C23H33N3O5/c1-5-10-24-11-6-8-15-16(19(24)28)17-20(29)25(13-14-27)18-21(30)26(22(2,3)4)12-7-9-23(17,18)31-15/h6-9,15-18,27H,5,10-14H2,1-4H3/t15-,16+,17+,18?,23+/m1/s1. The molecule has 1 spiro atoms. The Morgan fingerprint density at radius 3 is 2.48 bits per heavy atom. The normalized spacial score (nSPS) is 35.3. The number of aliphatic hydroxyl groups is 1. The van der Waals surface area contributed by atoms with Crippen molar-refractivity contribution in [1.29, 1.82) is 0 Å². The fourth-order valence-electron chi connectivity index (χ4n) is 5.61. The first kappa shape index (κ1) is 22.0. The molecule has 0 saturated carbocycles. The van der Waals surface area contributed by atoms with Crippen molar-refractivity contribution in [2.24, 2.45) is 11.8 Å². The second kappa shape index (κ2) is 7.74. The monoisotopic (exact) mass is 431 g/mol. The molecule has 170 valence electrons. The summed E-state index contributed by atoms with van der Waals surface area (Å²) in [6.45, 7) is 9.15. The molecule has 4 aliphatic rings. The number of fused-ring (bicyclic) bond motifs is 2. The van der Waals surface area contributed by atoms with Crippen LogP contribution in [-0.4, -0.2) is 93.6 Å². The molecule has 1 N–H and O–H groups in total. The summed E-state index contributed by atoms with van der Waals surface area (Å²) in [6, 6.07) is -0.900. The molecule has 3 amide bonds. The molecule has 4 rings (SSSR count). The first-order valence-corrected chi connectivity index (χ1v) is 11.2. The largest absolute Gasteiger partial charge is 0.395 e. The summed E-state index contributed by atoms with van der Waals surface area (Å²) in [6.07, 6.45) is 7.78. The summed E-state index contributed by atoms with van der Waals surface area (Å²) in [5.41, 5.74) is -1.66. The van der Waals surface area contributed by atoms with Crippen molar-refractivity contribution in [3.63, 3.8) is 0 Å². The van der Waals surface area contributed by atoms with Gasteiger partial charge >= 0.3 is 0 Å². The Bertz CT molecular complexity index is 832. The van der Waals surface area contributed by atoms with Gasteiger partial charge in [0.15, 0.2) is 0 Å². The van der Waals surface area contributed by atoms with E-state index >= 15 is 0 Å². The van der Waals surface area contributed by atoms with Gasteiger partial charge in [-0.3, -0.25) is 14.4 Å². The fraction of sp³-hybridized carbons (Fsp3) is 0.696. The molecule has 0 radical (unpaired) electrons. The van der Waals surface area contributed by atoms with Crippen LogP contribution in [-0.2, 0) is 19.1 Å². The minimum Gasteiger partial charge on any atom is -0.395 e. The van der Waals surface area contributed by atoms with E-state index in [4.69, 9.17) is 4.74 Å². The van der Waals surface area contributed by atoms with E-state index in [0.717, 1.165) is 6.42 Å². The van der Waals surface area contributed by atoms with Crippen LogP contribution < -0.4 is 0 Å². The number of β-amino-alcohol motifs (C(OH)–C–C–N with tert-alkyl or cyclic N) is 1. The van der Waals surface area contributed by atoms with Crippen molar-refractivity contribution in [3.8, 4) is 0 Å². The van der Waals surface area contributed by atoms with Gasteiger partial charge in [-0.05, 0) is 27.2 Å². The summed E-state index contributed by atoms with van der Waals surface area (Å²) in [5.74, 6) is -2.07. The molecular weight excluding hydrogens is 398 g/mol. The molecular formula is C23H33N3O5. The summed E-state index contributed by atoms with van der Waals surface area (Å²) in [7, 11) is 0. The van der Waals surface area contributed by atoms with Gasteiger partial charge < -0.3 is 24.5 Å². The van der Waals surface area contributed by atoms with Gasteiger partial charge in [-0.1, -0.05) is 31.2 Å². The molecule has 1 unspecified atom stereocenters. The summed E-state index contributed by atoms with van der Waals surface area (Å²) < 4.78 is 6.50. The third-order valence-corrected chi connectivity index (χ3v) is 6.89. The molecule has 8 nitrogen and oxygen atoms in total. The van der Waals surface area contributed by atoms with Crippen molar-refractivity contribution in [3.05, 3.63) is 24.3 Å². The number of nitrogens with zero attached hydrogens (tertiary/aromatic N) is 3. The zero-order chi connectivity index (χ0) is 22.6. The van der Waals surface area contributed by atoms with Gasteiger partial charge in [-0.2, -0.15) is 0 Å². The van der Waals surface area contributed by atoms with Crippen molar-refractivity contribution in [1.82, 2.24) is 14.7 Å². The van der Waals surface area contributed by atoms with Crippen molar-refractivity contribution in [2.45, 2.75) is 57.4 Å². The third-order valence-electron chi connectivity index (χ3n) is 6.89. The van der Waals surface area contributed by atoms with Crippen LogP contribution in [0.5, 0.6) is 0 Å². The number of amides is 3. The van der Waals surface area contributed by atoms with Crippen molar-refractivity contribution >= 4 is 17.7 Å². The van der Waals surface area contributed by atoms with Crippen molar-refractivity contribution in [2.75, 3.05) is 32.8 Å². The second-order valence-electron chi connectivity index (χ2n) is 9.83. The first-order chi connectivity index (χ1) is 14.7. The molecule has 2 saturated heterocycles. The highest BCUT2D eigenvalue weighted by atomic mass is 16.5. The molecule has 4 aliphatic heterocycles. The number of carbonyl (C=O) groups is 3. The van der Waals surface area contributed by atoms with E-state index in [-0.39, 0.29) is 30.9 Å². The number of carbonyl (C=O) groups excluding carboxylic acids is 3. The number of hydrogen-bond acceptors (Lipinski definition) is 5. The number of ether oxygens (including phenoxy) is 1. The van der Waals surface area contributed by atoms with Crippen LogP contribution in [0.3, 0.4) is 0 Å². The van der Waals surface area contributed by atoms with Gasteiger partial charge in [0.05, 0.1) is 24.5 Å². The Balaban J connectivity index is 1.82. The number of rotatable bonds is 4. The zero-order valence-corrected chi connectivity index (χ0v) is 18.8. The van der Waals surface area contributed by atoms with E-state index in [1.807, 2.05) is 52.0 Å². The Morgan fingerprint density at radius 2 is 1.84 bits per heavy atom. The Labute approximate surface area is 183 Å². The van der Waals surface area contributed by atoms with Gasteiger partial charge in [0.25, 0.3) is 0 Å². The molecule has 5 atom stereocenters. The second-order valence-corrected chi connectivity index (χ2v) is 9.83. The molecule has 31 heavy (non-hydrogen) atoms. The Kier molecular flexibility index (Phi) is 5.50. The molecule has 4 heterocycles. The van der Waals surface area contributed by atoms with E-state index in [1.165, 1.54) is 4.90 Å². The van der Waals surface area contributed by atoms with E-state index in [9.17, 15) is 19.5 Å². The summed E-state index contributed by atoms with van der Waals surface area (Å²) >= 11 is 0. The third kappa shape index (κ3) is 3.22. The van der Waals surface area contributed by atoms with Crippen LogP contribution in [0.25, 0.3) is 0 Å². The average Bonchev–Trinajstić information content (AvgIpc) is 2.99. The maximum atomic E-state index is 13.8. The van der Waals surface area contributed by atoms with Crippen LogP contribution in [0.4, 0.5) is 0 Å². The average molecular weight is 432 g/mol. The van der Waals surface area contributed by atoms with Gasteiger partial charge in [0, 0.05) is 31.7 Å². The highest BCUT2D eigenvalue weighted by molar-refractivity contribution is 6.00. The van der Waals surface area contributed by atoms with Gasteiger partial charge in [0.2, 0.25) is 17.7 Å². The lowest BCUT2D eigenvalue weighted by Gasteiger charge is -2.40. The van der Waals surface area contributed by atoms with E-state index < -0.39 is 35.1 Å². The highest BCUT2D eigenvalue weighted by Crippen LogP contribution is 2.53. The quantitative estimate of drug-likeness (QED) is 0.657. The predicted molar refractivity (Wildman–Crippen MR) is 114 cm³/mol.